The summed E-state index contributed by atoms with van der Waals surface area (Å²) in [7, 11) is 2.10. The van der Waals surface area contributed by atoms with Crippen LogP contribution in [0.25, 0.3) is 0 Å². The topological polar surface area (TPSA) is 83.7 Å². The van der Waals surface area contributed by atoms with Gasteiger partial charge in [0.15, 0.2) is 0 Å². The number of carbonyl (C=O) groups is 1. The zero-order valence-electron chi connectivity index (χ0n) is 19.8. The summed E-state index contributed by atoms with van der Waals surface area (Å²) in [5.41, 5.74) is 3.37. The third-order valence-electron chi connectivity index (χ3n) is 6.24. The summed E-state index contributed by atoms with van der Waals surface area (Å²) in [6.07, 6.45) is 2.91. The van der Waals surface area contributed by atoms with Crippen LogP contribution in [0.2, 0.25) is 0 Å². The maximum atomic E-state index is 13.0. The fourth-order valence-corrected chi connectivity index (χ4v) is 4.14. The second-order valence-corrected chi connectivity index (χ2v) is 9.10. The predicted octanol–water partition coefficient (Wildman–Crippen LogP) is 2.24. The fourth-order valence-electron chi connectivity index (χ4n) is 4.14. The Bertz CT molecular complexity index is 871. The second kappa shape index (κ2) is 11.5. The molecule has 3 atom stereocenters. The number of aliphatic hydroxyl groups is 1. The van der Waals surface area contributed by atoms with Crippen LogP contribution >= 0.6 is 0 Å². The van der Waals surface area contributed by atoms with Gasteiger partial charge in [-0.1, -0.05) is 36.4 Å². The van der Waals surface area contributed by atoms with Crippen molar-refractivity contribution in [2.24, 2.45) is 5.92 Å². The van der Waals surface area contributed by atoms with E-state index in [1.807, 2.05) is 18.0 Å². The molecule has 0 saturated carbocycles. The van der Waals surface area contributed by atoms with Crippen molar-refractivity contribution in [3.8, 4) is 0 Å². The van der Waals surface area contributed by atoms with E-state index in [1.165, 1.54) is 11.1 Å². The largest absolute Gasteiger partial charge is 0.394 e. The summed E-state index contributed by atoms with van der Waals surface area (Å²) in [5.74, 6) is 0.146. The molecule has 0 aliphatic carbocycles. The Hall–Kier alpha value is -2.29. The Morgan fingerprint density at radius 2 is 2.12 bits per heavy atom. The molecule has 176 valence electrons. The van der Waals surface area contributed by atoms with Crippen molar-refractivity contribution >= 4 is 5.91 Å². The Labute approximate surface area is 191 Å². The number of rotatable bonds is 6. The van der Waals surface area contributed by atoms with Crippen LogP contribution in [-0.2, 0) is 29.2 Å². The highest BCUT2D eigenvalue weighted by atomic mass is 16.5. The number of aromatic nitrogens is 3. The molecule has 1 aliphatic rings. The summed E-state index contributed by atoms with van der Waals surface area (Å²) in [5, 5.41) is 18.1. The number of ether oxygens (including phenoxy) is 1. The summed E-state index contributed by atoms with van der Waals surface area (Å²) < 4.78 is 8.11. The lowest BCUT2D eigenvalue weighted by Gasteiger charge is -2.35. The van der Waals surface area contributed by atoms with Gasteiger partial charge in [-0.25, -0.2) is 0 Å². The molecule has 0 spiro atoms. The molecule has 8 heteroatoms. The Morgan fingerprint density at radius 3 is 2.88 bits per heavy atom. The lowest BCUT2D eigenvalue weighted by Crippen LogP contribution is -2.47. The van der Waals surface area contributed by atoms with Crippen LogP contribution < -0.4 is 0 Å². The number of hydrogen-bond donors (Lipinski definition) is 1. The minimum atomic E-state index is -0.224. The first-order valence-corrected chi connectivity index (χ1v) is 11.5. The maximum Gasteiger partial charge on any atom is 0.222 e. The van der Waals surface area contributed by atoms with Gasteiger partial charge in [-0.3, -0.25) is 14.4 Å². The van der Waals surface area contributed by atoms with Crippen molar-refractivity contribution < 1.29 is 14.6 Å². The number of carbonyl (C=O) groups excluding carboxylic acids is 1. The monoisotopic (exact) mass is 443 g/mol. The molecule has 8 nitrogen and oxygen atoms in total. The number of hydrogen-bond acceptors (Lipinski definition) is 6. The number of fused-ring (bicyclic) bond motifs is 2. The molecule has 0 fully saturated rings. The highest BCUT2D eigenvalue weighted by molar-refractivity contribution is 5.76. The number of nitrogens with zero attached hydrogens (tertiary/aromatic N) is 5. The first kappa shape index (κ1) is 24.4. The van der Waals surface area contributed by atoms with Crippen molar-refractivity contribution in [2.45, 2.75) is 65.5 Å². The normalized spacial score (nSPS) is 21.7. The van der Waals surface area contributed by atoms with E-state index in [9.17, 15) is 9.90 Å². The van der Waals surface area contributed by atoms with E-state index < -0.39 is 0 Å². The lowest BCUT2D eigenvalue weighted by atomic mass is 10.0. The number of amides is 1. The van der Waals surface area contributed by atoms with Crippen LogP contribution in [0.3, 0.4) is 0 Å². The van der Waals surface area contributed by atoms with Gasteiger partial charge >= 0.3 is 0 Å². The molecule has 1 aromatic carbocycles. The molecule has 0 unspecified atom stereocenters. The second-order valence-electron chi connectivity index (χ2n) is 9.10. The van der Waals surface area contributed by atoms with Crippen molar-refractivity contribution in [3.63, 3.8) is 0 Å². The average Bonchev–Trinajstić information content (AvgIpc) is 3.23. The molecular formula is C24H37N5O3. The zero-order valence-corrected chi connectivity index (χ0v) is 19.8. The Balaban J connectivity index is 1.77. The number of likely N-dealkylation sites (N-methyl/N-ethyl adjacent to an activating group) is 1. The van der Waals surface area contributed by atoms with Crippen LogP contribution in [0.1, 0.15) is 43.5 Å². The summed E-state index contributed by atoms with van der Waals surface area (Å²) >= 11 is 0. The van der Waals surface area contributed by atoms with Gasteiger partial charge in [0.25, 0.3) is 0 Å². The molecule has 0 radical (unpaired) electrons. The SMILES string of the molecule is Cc1ccccc1CN(C)C[C@@H]1OCc2cn(nn2)CCCC(=O)N([C@H](C)CO)C[C@@H]1C. The molecular weight excluding hydrogens is 406 g/mol. The molecule has 3 rings (SSSR count). The van der Waals surface area contributed by atoms with Crippen molar-refractivity contribution in [3.05, 3.63) is 47.3 Å². The van der Waals surface area contributed by atoms with Gasteiger partial charge in [-0.15, -0.1) is 5.10 Å². The van der Waals surface area contributed by atoms with Gasteiger partial charge in [0.2, 0.25) is 5.91 Å². The minimum Gasteiger partial charge on any atom is -0.394 e. The summed E-state index contributed by atoms with van der Waals surface area (Å²) in [6, 6.07) is 8.18. The number of benzene rings is 1. The Morgan fingerprint density at radius 1 is 1.34 bits per heavy atom. The van der Waals surface area contributed by atoms with E-state index >= 15 is 0 Å². The van der Waals surface area contributed by atoms with Crippen LogP contribution in [0, 0.1) is 12.8 Å². The van der Waals surface area contributed by atoms with Gasteiger partial charge in [0, 0.05) is 38.5 Å². The van der Waals surface area contributed by atoms with E-state index in [2.05, 4.69) is 60.4 Å². The van der Waals surface area contributed by atoms with Crippen LogP contribution in [-0.4, -0.2) is 74.7 Å². The molecule has 1 aromatic heterocycles. The zero-order chi connectivity index (χ0) is 23.1. The van der Waals surface area contributed by atoms with Crippen molar-refractivity contribution in [1.82, 2.24) is 24.8 Å². The third-order valence-corrected chi connectivity index (χ3v) is 6.24. The number of aryl methyl sites for hydroxylation is 2. The van der Waals surface area contributed by atoms with E-state index in [0.717, 1.165) is 18.8 Å². The van der Waals surface area contributed by atoms with Gasteiger partial charge in [-0.2, -0.15) is 0 Å². The van der Waals surface area contributed by atoms with E-state index in [4.69, 9.17) is 4.74 Å². The molecule has 1 N–H and O–H groups in total. The number of aliphatic hydroxyl groups excluding tert-OH is 1. The fraction of sp³-hybridized carbons (Fsp3) is 0.625. The highest BCUT2D eigenvalue weighted by Crippen LogP contribution is 2.18. The predicted molar refractivity (Wildman–Crippen MR) is 123 cm³/mol. The first-order valence-electron chi connectivity index (χ1n) is 11.5. The third kappa shape index (κ3) is 6.60. The van der Waals surface area contributed by atoms with E-state index in [0.29, 0.717) is 32.5 Å². The molecule has 2 bridgehead atoms. The van der Waals surface area contributed by atoms with Crippen LogP contribution in [0.5, 0.6) is 0 Å². The molecule has 2 aromatic rings. The minimum absolute atomic E-state index is 0.0524. The quantitative estimate of drug-likeness (QED) is 0.737. The molecule has 0 saturated heterocycles. The molecule has 2 heterocycles. The van der Waals surface area contributed by atoms with Crippen molar-refractivity contribution in [2.75, 3.05) is 26.7 Å². The van der Waals surface area contributed by atoms with Gasteiger partial charge in [0.05, 0.1) is 31.6 Å². The van der Waals surface area contributed by atoms with Gasteiger partial charge < -0.3 is 14.7 Å². The van der Waals surface area contributed by atoms with E-state index in [1.54, 1.807) is 4.68 Å². The summed E-state index contributed by atoms with van der Waals surface area (Å²) in [6.45, 7) is 9.21. The smallest absolute Gasteiger partial charge is 0.222 e. The van der Waals surface area contributed by atoms with Gasteiger partial charge in [0.1, 0.15) is 5.69 Å². The Kier molecular flexibility index (Phi) is 8.78. The van der Waals surface area contributed by atoms with Crippen LogP contribution in [0.4, 0.5) is 0 Å². The highest BCUT2D eigenvalue weighted by Gasteiger charge is 2.28. The molecule has 32 heavy (non-hydrogen) atoms. The van der Waals surface area contributed by atoms with E-state index in [-0.39, 0.29) is 30.6 Å². The molecule has 1 aliphatic heterocycles. The van der Waals surface area contributed by atoms with Gasteiger partial charge in [-0.05, 0) is 38.4 Å². The standard InChI is InChI=1S/C24H37N5O3/c1-18-8-5-6-9-21(18)13-27(4)15-23-19(2)12-29(20(3)16-30)24(31)10-7-11-28-14-22(17-32-23)25-26-28/h5-6,8-9,14,19-20,23,30H,7,10-13,15-17H2,1-4H3/t19-,20+,23-/m0/s1. The first-order chi connectivity index (χ1) is 15.4. The van der Waals surface area contributed by atoms with Crippen LogP contribution in [0.15, 0.2) is 30.5 Å². The average molecular weight is 444 g/mol. The van der Waals surface area contributed by atoms with Crippen molar-refractivity contribution in [1.29, 1.82) is 0 Å². The lowest BCUT2D eigenvalue weighted by molar-refractivity contribution is -0.136. The summed E-state index contributed by atoms with van der Waals surface area (Å²) in [4.78, 5) is 17.0. The maximum absolute atomic E-state index is 13.0. The molecule has 1 amide bonds.